The summed E-state index contributed by atoms with van der Waals surface area (Å²) in [6.07, 6.45) is 0.938. The van der Waals surface area contributed by atoms with Crippen LogP contribution in [0.1, 0.15) is 0 Å². The van der Waals surface area contributed by atoms with Gasteiger partial charge in [-0.25, -0.2) is 13.6 Å². The van der Waals surface area contributed by atoms with E-state index in [9.17, 15) is 8.42 Å². The van der Waals surface area contributed by atoms with Gasteiger partial charge >= 0.3 is 0 Å². The van der Waals surface area contributed by atoms with Crippen LogP contribution in [0.5, 0.6) is 0 Å². The van der Waals surface area contributed by atoms with Crippen molar-refractivity contribution < 1.29 is 13.2 Å². The summed E-state index contributed by atoms with van der Waals surface area (Å²) in [6, 6.07) is 12.0. The van der Waals surface area contributed by atoms with Crippen molar-refractivity contribution in [2.45, 2.75) is 0 Å². The molecule has 8 N–H and O–H groups in total. The Labute approximate surface area is 128 Å². The van der Waals surface area contributed by atoms with Crippen molar-refractivity contribution in [2.24, 2.45) is 5.14 Å². The van der Waals surface area contributed by atoms with Gasteiger partial charge in [0.05, 0.1) is 6.26 Å². The number of rotatable bonds is 0. The minimum atomic E-state index is -3.17. The van der Waals surface area contributed by atoms with Gasteiger partial charge in [0.15, 0.2) is 0 Å². The van der Waals surface area contributed by atoms with Crippen molar-refractivity contribution in [1.82, 2.24) is 15.0 Å². The van der Waals surface area contributed by atoms with Crippen molar-refractivity contribution in [1.29, 1.82) is 0 Å². The van der Waals surface area contributed by atoms with E-state index in [0.717, 1.165) is 6.26 Å². The van der Waals surface area contributed by atoms with Gasteiger partial charge in [-0.3, -0.25) is 0 Å². The van der Waals surface area contributed by atoms with Gasteiger partial charge < -0.3 is 22.0 Å². The summed E-state index contributed by atoms with van der Waals surface area (Å²) in [5.41, 5.74) is 15.4. The van der Waals surface area contributed by atoms with Gasteiger partial charge in [-0.15, -0.1) is 0 Å². The summed E-state index contributed by atoms with van der Waals surface area (Å²) < 4.78 is 18.8. The van der Waals surface area contributed by atoms with E-state index >= 15 is 0 Å². The second-order valence-corrected chi connectivity index (χ2v) is 5.05. The fraction of sp³-hybridized carbons (Fsp3) is 0.0909. The van der Waals surface area contributed by atoms with Crippen molar-refractivity contribution in [3.8, 4) is 0 Å². The number of hydrogen-bond donors (Lipinski definition) is 4. The van der Waals surface area contributed by atoms with Gasteiger partial charge in [-0.1, -0.05) is 36.4 Å². The van der Waals surface area contributed by atoms with Crippen LogP contribution < -0.4 is 22.3 Å². The van der Waals surface area contributed by atoms with E-state index in [1.807, 2.05) is 43.2 Å². The van der Waals surface area contributed by atoms with Crippen LogP contribution in [0, 0.1) is 0 Å². The predicted molar refractivity (Wildman–Crippen MR) is 85.7 cm³/mol. The summed E-state index contributed by atoms with van der Waals surface area (Å²) in [5, 5.41) is 4.33. The van der Waals surface area contributed by atoms with Crippen LogP contribution in [0.3, 0.4) is 0 Å². The lowest BCUT2D eigenvalue weighted by Gasteiger charge is -1.93. The summed E-state index contributed by atoms with van der Waals surface area (Å²) in [6.45, 7) is 2.00. The summed E-state index contributed by atoms with van der Waals surface area (Å²) >= 11 is 0. The Morgan fingerprint density at radius 2 is 0.909 bits per heavy atom. The number of carbonyl (C=O) groups excluding carboxylic acids is 1. The molecule has 122 valence electrons. The maximum absolute atomic E-state index is 9.41. The lowest BCUT2D eigenvalue weighted by Crippen LogP contribution is -2.07. The first kappa shape index (κ1) is 21.5. The van der Waals surface area contributed by atoms with E-state index in [1.165, 1.54) is 0 Å². The third-order valence-electron chi connectivity index (χ3n) is 1.35. The number of anilines is 3. The Balaban J connectivity index is 0. The Kier molecular flexibility index (Phi) is 11.7. The van der Waals surface area contributed by atoms with E-state index < -0.39 is 10.0 Å². The zero-order valence-electron chi connectivity index (χ0n) is 12.0. The monoisotopic (exact) mass is 329 g/mol. The second kappa shape index (κ2) is 12.0. The molecule has 0 aliphatic heterocycles. The maximum atomic E-state index is 9.41. The Hall–Kier alpha value is -2.79. The van der Waals surface area contributed by atoms with Gasteiger partial charge in [0.1, 0.15) is 6.79 Å². The number of nitrogens with zero attached hydrogens (tertiary/aromatic N) is 3. The molecule has 0 bridgehead atoms. The average molecular weight is 329 g/mol. The van der Waals surface area contributed by atoms with Gasteiger partial charge in [0.25, 0.3) is 0 Å². The van der Waals surface area contributed by atoms with Crippen molar-refractivity contribution in [3.63, 3.8) is 0 Å². The number of sulfonamides is 1. The van der Waals surface area contributed by atoms with Gasteiger partial charge in [-0.05, 0) is 0 Å². The third-order valence-corrected chi connectivity index (χ3v) is 1.35. The van der Waals surface area contributed by atoms with Crippen LogP contribution >= 0.6 is 0 Å². The first-order chi connectivity index (χ1) is 10.2. The van der Waals surface area contributed by atoms with E-state index in [2.05, 4.69) is 20.1 Å². The topological polar surface area (TPSA) is 194 Å². The molecular formula is C11H19N7O3S. The number of hydrogen-bond acceptors (Lipinski definition) is 9. The number of nitrogen functional groups attached to an aromatic ring is 3. The molecule has 0 fully saturated rings. The van der Waals surface area contributed by atoms with Gasteiger partial charge in [-0.2, -0.15) is 15.0 Å². The molecule has 0 aliphatic carbocycles. The molecule has 11 heteroatoms. The van der Waals surface area contributed by atoms with Crippen molar-refractivity contribution in [3.05, 3.63) is 36.4 Å². The molecule has 10 nitrogen and oxygen atoms in total. The molecule has 2 aromatic rings. The molecule has 0 saturated heterocycles. The largest absolute Gasteiger partial charge is 0.368 e. The van der Waals surface area contributed by atoms with E-state index in [0.29, 0.717) is 0 Å². The van der Waals surface area contributed by atoms with Gasteiger partial charge in [0.2, 0.25) is 27.9 Å². The normalized spacial score (nSPS) is 8.82. The van der Waals surface area contributed by atoms with Crippen LogP contribution in [-0.2, 0) is 14.8 Å². The number of nitrogens with two attached hydrogens (primary N) is 4. The standard InChI is InChI=1S/C6H6.C3H6N6.CH5NO2S.CH2O/c1-2-4-6-5-3-1;4-1-7-2(5)9-3(6)8-1;1-5(2,3)4;1-2/h1-6H;(H6,4,5,6,7,8,9);1H3,(H2,2,3,4);1H2. The smallest absolute Gasteiger partial charge is 0.226 e. The van der Waals surface area contributed by atoms with E-state index in [4.69, 9.17) is 22.0 Å². The number of primary sulfonamides is 1. The minimum absolute atomic E-state index is 0.0417. The first-order valence-electron chi connectivity index (χ1n) is 5.47. The summed E-state index contributed by atoms with van der Waals surface area (Å²) in [5.74, 6) is 0.125. The summed E-state index contributed by atoms with van der Waals surface area (Å²) in [7, 11) is -3.17. The zero-order chi connectivity index (χ0) is 17.6. The molecule has 0 unspecified atom stereocenters. The Morgan fingerprint density at radius 1 is 0.773 bits per heavy atom. The molecule has 1 aromatic carbocycles. The van der Waals surface area contributed by atoms with Crippen molar-refractivity contribution >= 4 is 34.7 Å². The molecule has 1 aromatic heterocycles. The van der Waals surface area contributed by atoms with Crippen molar-refractivity contribution in [2.75, 3.05) is 23.5 Å². The predicted octanol–water partition coefficient (Wildman–Crippen LogP) is -0.975. The number of carbonyl (C=O) groups is 1. The van der Waals surface area contributed by atoms with E-state index in [-0.39, 0.29) is 17.8 Å². The third kappa shape index (κ3) is 19.5. The lowest BCUT2D eigenvalue weighted by molar-refractivity contribution is -0.0979. The Bertz CT molecular complexity index is 538. The highest BCUT2D eigenvalue weighted by molar-refractivity contribution is 7.88. The van der Waals surface area contributed by atoms with Crippen LogP contribution in [0.25, 0.3) is 0 Å². The molecule has 22 heavy (non-hydrogen) atoms. The van der Waals surface area contributed by atoms with Crippen LogP contribution in [0.2, 0.25) is 0 Å². The highest BCUT2D eigenvalue weighted by atomic mass is 32.2. The van der Waals surface area contributed by atoms with Crippen LogP contribution in [0.15, 0.2) is 36.4 Å². The first-order valence-corrected chi connectivity index (χ1v) is 7.43. The zero-order valence-corrected chi connectivity index (χ0v) is 12.8. The molecule has 0 radical (unpaired) electrons. The average Bonchev–Trinajstić information content (AvgIpc) is 2.40. The molecule has 0 atom stereocenters. The molecule has 0 aliphatic rings. The lowest BCUT2D eigenvalue weighted by atomic mass is 10.4. The molecule has 0 spiro atoms. The van der Waals surface area contributed by atoms with Crippen LogP contribution in [-0.4, -0.2) is 36.4 Å². The highest BCUT2D eigenvalue weighted by Crippen LogP contribution is 1.97. The number of benzene rings is 1. The van der Waals surface area contributed by atoms with Gasteiger partial charge in [0, 0.05) is 0 Å². The molecule has 0 amide bonds. The molecule has 0 saturated carbocycles. The molecule has 1 heterocycles. The second-order valence-electron chi connectivity index (χ2n) is 3.39. The van der Waals surface area contributed by atoms with Crippen LogP contribution in [0.4, 0.5) is 17.8 Å². The SMILES string of the molecule is C=O.CS(N)(=O)=O.Nc1nc(N)nc(N)n1.c1ccccc1. The molecule has 2 rings (SSSR count). The Morgan fingerprint density at radius 3 is 1.05 bits per heavy atom. The fourth-order valence-corrected chi connectivity index (χ4v) is 0.812. The maximum Gasteiger partial charge on any atom is 0.226 e. The summed E-state index contributed by atoms with van der Waals surface area (Å²) in [4.78, 5) is 18.5. The fourth-order valence-electron chi connectivity index (χ4n) is 0.812. The highest BCUT2D eigenvalue weighted by Gasteiger charge is 1.93. The van der Waals surface area contributed by atoms with E-state index in [1.54, 1.807) is 0 Å². The molecular weight excluding hydrogens is 310 g/mol. The quantitative estimate of drug-likeness (QED) is 0.470. The number of aromatic nitrogens is 3. The minimum Gasteiger partial charge on any atom is -0.368 e.